The summed E-state index contributed by atoms with van der Waals surface area (Å²) in [6.45, 7) is 2.97. The van der Waals surface area contributed by atoms with Gasteiger partial charge in [0.05, 0.1) is 33.0 Å². The molecule has 0 aliphatic carbocycles. The minimum absolute atomic E-state index is 0.338. The van der Waals surface area contributed by atoms with Gasteiger partial charge in [-0.3, -0.25) is 0 Å². The number of nitrogens with zero attached hydrogens (tertiary/aromatic N) is 1. The molecule has 2 aromatic rings. The average Bonchev–Trinajstić information content (AvgIpc) is 2.72. The molecule has 0 radical (unpaired) electrons. The van der Waals surface area contributed by atoms with Crippen molar-refractivity contribution in [2.45, 2.75) is 0 Å². The number of ether oxygens (including phenoxy) is 3. The number of morpholine rings is 1. The van der Waals surface area contributed by atoms with Crippen LogP contribution in [0.15, 0.2) is 42.5 Å². The molecule has 26 heavy (non-hydrogen) atoms. The first-order valence-corrected chi connectivity index (χ1v) is 8.59. The van der Waals surface area contributed by atoms with E-state index in [4.69, 9.17) is 14.2 Å². The molecular weight excluding hydrogens is 330 g/mol. The normalized spacial score (nSPS) is 14.5. The summed E-state index contributed by atoms with van der Waals surface area (Å²) in [5, 5.41) is 0. The Morgan fingerprint density at radius 1 is 1.04 bits per heavy atom. The first-order chi connectivity index (χ1) is 12.7. The Kier molecular flexibility index (Phi) is 5.92. The molecule has 1 aliphatic heterocycles. The van der Waals surface area contributed by atoms with Crippen LogP contribution in [0.4, 0.5) is 5.69 Å². The SMILES string of the molecule is COC(=O)c1cccc(N2CCOCC2)c1C=Cc1ccc(OC)cc1. The van der Waals surface area contributed by atoms with Gasteiger partial charge in [0.15, 0.2) is 0 Å². The molecule has 0 atom stereocenters. The first-order valence-electron chi connectivity index (χ1n) is 8.59. The molecule has 1 heterocycles. The van der Waals surface area contributed by atoms with Crippen LogP contribution in [0.5, 0.6) is 5.75 Å². The topological polar surface area (TPSA) is 48.0 Å². The number of hydrogen-bond acceptors (Lipinski definition) is 5. The van der Waals surface area contributed by atoms with E-state index in [1.54, 1.807) is 13.2 Å². The van der Waals surface area contributed by atoms with Crippen molar-refractivity contribution in [3.63, 3.8) is 0 Å². The molecule has 3 rings (SSSR count). The Morgan fingerprint density at radius 3 is 2.42 bits per heavy atom. The summed E-state index contributed by atoms with van der Waals surface area (Å²) in [4.78, 5) is 14.5. The smallest absolute Gasteiger partial charge is 0.338 e. The third kappa shape index (κ3) is 4.06. The Hall–Kier alpha value is -2.79. The fraction of sp³-hybridized carbons (Fsp3) is 0.286. The largest absolute Gasteiger partial charge is 0.497 e. The van der Waals surface area contributed by atoms with Crippen molar-refractivity contribution in [2.75, 3.05) is 45.4 Å². The van der Waals surface area contributed by atoms with Crippen molar-refractivity contribution in [1.82, 2.24) is 0 Å². The highest BCUT2D eigenvalue weighted by atomic mass is 16.5. The fourth-order valence-electron chi connectivity index (χ4n) is 2.99. The highest BCUT2D eigenvalue weighted by Crippen LogP contribution is 2.28. The molecule has 0 amide bonds. The molecule has 0 spiro atoms. The van der Waals surface area contributed by atoms with E-state index in [9.17, 15) is 4.79 Å². The predicted octanol–water partition coefficient (Wildman–Crippen LogP) is 3.49. The molecule has 0 aromatic heterocycles. The van der Waals surface area contributed by atoms with Gasteiger partial charge in [0.25, 0.3) is 0 Å². The highest BCUT2D eigenvalue weighted by molar-refractivity contribution is 5.97. The van der Waals surface area contributed by atoms with Gasteiger partial charge in [-0.1, -0.05) is 30.4 Å². The summed E-state index contributed by atoms with van der Waals surface area (Å²) in [6, 6.07) is 13.5. The lowest BCUT2D eigenvalue weighted by Crippen LogP contribution is -2.36. The Morgan fingerprint density at radius 2 is 1.77 bits per heavy atom. The number of anilines is 1. The van der Waals surface area contributed by atoms with Crippen molar-refractivity contribution in [3.05, 3.63) is 59.2 Å². The van der Waals surface area contributed by atoms with Crippen molar-refractivity contribution >= 4 is 23.8 Å². The number of esters is 1. The third-order valence-electron chi connectivity index (χ3n) is 4.40. The van der Waals surface area contributed by atoms with Crippen LogP contribution in [0, 0.1) is 0 Å². The standard InChI is InChI=1S/C21H23NO4/c1-24-17-9-6-16(7-10-17)8-11-18-19(21(23)25-2)4-3-5-20(18)22-12-14-26-15-13-22/h3-11H,12-15H2,1-2H3. The number of methoxy groups -OCH3 is 2. The zero-order valence-electron chi connectivity index (χ0n) is 15.1. The van der Waals surface area contributed by atoms with Crippen molar-refractivity contribution in [1.29, 1.82) is 0 Å². The monoisotopic (exact) mass is 353 g/mol. The minimum atomic E-state index is -0.338. The molecular formula is C21H23NO4. The molecule has 0 unspecified atom stereocenters. The first kappa shape index (κ1) is 18.0. The van der Waals surface area contributed by atoms with Gasteiger partial charge in [-0.2, -0.15) is 0 Å². The lowest BCUT2D eigenvalue weighted by atomic mass is 10.0. The molecule has 1 fully saturated rings. The van der Waals surface area contributed by atoms with E-state index < -0.39 is 0 Å². The molecule has 2 aromatic carbocycles. The molecule has 0 N–H and O–H groups in total. The van der Waals surface area contributed by atoms with E-state index in [2.05, 4.69) is 4.90 Å². The summed E-state index contributed by atoms with van der Waals surface area (Å²) in [7, 11) is 3.05. The van der Waals surface area contributed by atoms with Crippen LogP contribution < -0.4 is 9.64 Å². The van der Waals surface area contributed by atoms with Gasteiger partial charge < -0.3 is 19.1 Å². The molecule has 136 valence electrons. The Labute approximate surface area is 153 Å². The van der Waals surface area contributed by atoms with Crippen LogP contribution in [-0.2, 0) is 9.47 Å². The van der Waals surface area contributed by atoms with Crippen molar-refractivity contribution in [2.24, 2.45) is 0 Å². The van der Waals surface area contributed by atoms with Gasteiger partial charge in [-0.05, 0) is 29.8 Å². The van der Waals surface area contributed by atoms with Gasteiger partial charge in [0.1, 0.15) is 5.75 Å². The van der Waals surface area contributed by atoms with Crippen LogP contribution in [0.1, 0.15) is 21.5 Å². The lowest BCUT2D eigenvalue weighted by molar-refractivity contribution is 0.0600. The zero-order valence-corrected chi connectivity index (χ0v) is 15.1. The fourth-order valence-corrected chi connectivity index (χ4v) is 2.99. The second kappa shape index (κ2) is 8.54. The summed E-state index contributed by atoms with van der Waals surface area (Å²) < 4.78 is 15.6. The molecule has 0 saturated carbocycles. The maximum Gasteiger partial charge on any atom is 0.338 e. The summed E-state index contributed by atoms with van der Waals surface area (Å²) >= 11 is 0. The van der Waals surface area contributed by atoms with E-state index in [1.807, 2.05) is 48.6 Å². The van der Waals surface area contributed by atoms with Crippen LogP contribution in [0.3, 0.4) is 0 Å². The molecule has 5 heteroatoms. The summed E-state index contributed by atoms with van der Waals surface area (Å²) in [6.07, 6.45) is 3.96. The Bertz CT molecular complexity index is 777. The molecule has 0 bridgehead atoms. The second-order valence-corrected chi connectivity index (χ2v) is 5.94. The van der Waals surface area contributed by atoms with Crippen LogP contribution >= 0.6 is 0 Å². The average molecular weight is 353 g/mol. The summed E-state index contributed by atoms with van der Waals surface area (Å²) in [5.74, 6) is 0.473. The van der Waals surface area contributed by atoms with Crippen LogP contribution in [0.2, 0.25) is 0 Å². The van der Waals surface area contributed by atoms with Gasteiger partial charge in [0, 0.05) is 24.3 Å². The van der Waals surface area contributed by atoms with Crippen molar-refractivity contribution in [3.8, 4) is 5.75 Å². The third-order valence-corrected chi connectivity index (χ3v) is 4.40. The van der Waals surface area contributed by atoms with Crippen molar-refractivity contribution < 1.29 is 19.0 Å². The Balaban J connectivity index is 1.98. The minimum Gasteiger partial charge on any atom is -0.497 e. The molecule has 5 nitrogen and oxygen atoms in total. The van der Waals surface area contributed by atoms with E-state index >= 15 is 0 Å². The molecule has 1 aliphatic rings. The van der Waals surface area contributed by atoms with E-state index in [-0.39, 0.29) is 5.97 Å². The lowest BCUT2D eigenvalue weighted by Gasteiger charge is -2.30. The maximum atomic E-state index is 12.2. The van der Waals surface area contributed by atoms with Crippen LogP contribution in [0.25, 0.3) is 12.2 Å². The highest BCUT2D eigenvalue weighted by Gasteiger charge is 2.19. The number of carbonyl (C=O) groups is 1. The van der Waals surface area contributed by atoms with E-state index in [0.717, 1.165) is 35.7 Å². The van der Waals surface area contributed by atoms with Gasteiger partial charge in [-0.15, -0.1) is 0 Å². The van der Waals surface area contributed by atoms with Gasteiger partial charge >= 0.3 is 5.97 Å². The quantitative estimate of drug-likeness (QED) is 0.608. The number of rotatable bonds is 5. The number of benzene rings is 2. The number of hydrogen-bond donors (Lipinski definition) is 0. The zero-order chi connectivity index (χ0) is 18.4. The maximum absolute atomic E-state index is 12.2. The van der Waals surface area contributed by atoms with E-state index in [1.165, 1.54) is 7.11 Å². The molecule has 1 saturated heterocycles. The van der Waals surface area contributed by atoms with E-state index in [0.29, 0.717) is 18.8 Å². The van der Waals surface area contributed by atoms with Gasteiger partial charge in [0.2, 0.25) is 0 Å². The summed E-state index contributed by atoms with van der Waals surface area (Å²) in [5.41, 5.74) is 3.46. The number of carbonyl (C=O) groups excluding carboxylic acids is 1. The second-order valence-electron chi connectivity index (χ2n) is 5.94. The van der Waals surface area contributed by atoms with Gasteiger partial charge in [-0.25, -0.2) is 4.79 Å². The predicted molar refractivity (Wildman–Crippen MR) is 103 cm³/mol. The van der Waals surface area contributed by atoms with Crippen LogP contribution in [-0.4, -0.2) is 46.5 Å².